The number of rotatable bonds is 13. The third-order valence-corrected chi connectivity index (χ3v) is 8.37. The predicted octanol–water partition coefficient (Wildman–Crippen LogP) is 4.92. The Labute approximate surface area is 242 Å². The second-order valence-electron chi connectivity index (χ2n) is 10.2. The van der Waals surface area contributed by atoms with Crippen LogP contribution in [0, 0.1) is 18.7 Å². The molecule has 0 aromatic heterocycles. The number of methoxy groups -OCH3 is 1. The lowest BCUT2D eigenvalue weighted by Crippen LogP contribution is -2.52. The maximum atomic E-state index is 14.0. The summed E-state index contributed by atoms with van der Waals surface area (Å²) < 4.78 is 47.7. The van der Waals surface area contributed by atoms with E-state index in [0.29, 0.717) is 24.3 Å². The quantitative estimate of drug-likeness (QED) is 0.308. The van der Waals surface area contributed by atoms with Gasteiger partial charge in [-0.05, 0) is 73.4 Å². The summed E-state index contributed by atoms with van der Waals surface area (Å²) >= 11 is 0. The van der Waals surface area contributed by atoms with Crippen LogP contribution in [0.1, 0.15) is 38.3 Å². The topological polar surface area (TPSA) is 96.0 Å². The van der Waals surface area contributed by atoms with E-state index < -0.39 is 34.3 Å². The van der Waals surface area contributed by atoms with E-state index in [2.05, 4.69) is 5.32 Å². The number of ether oxygens (including phenoxy) is 1. The van der Waals surface area contributed by atoms with Gasteiger partial charge in [0.25, 0.3) is 10.0 Å². The van der Waals surface area contributed by atoms with Gasteiger partial charge in [-0.15, -0.1) is 0 Å². The van der Waals surface area contributed by atoms with E-state index in [1.54, 1.807) is 55.5 Å². The van der Waals surface area contributed by atoms with Crippen molar-refractivity contribution in [2.24, 2.45) is 5.92 Å². The lowest BCUT2D eigenvalue weighted by molar-refractivity contribution is -0.140. The molecule has 0 heterocycles. The van der Waals surface area contributed by atoms with Gasteiger partial charge in [-0.3, -0.25) is 13.9 Å². The molecule has 0 radical (unpaired) electrons. The molecule has 1 N–H and O–H groups in total. The minimum absolute atomic E-state index is 0.00620. The molecule has 2 amide bonds. The fourth-order valence-corrected chi connectivity index (χ4v) is 5.66. The van der Waals surface area contributed by atoms with Crippen molar-refractivity contribution in [1.29, 1.82) is 0 Å². The summed E-state index contributed by atoms with van der Waals surface area (Å²) in [6, 6.07) is 17.5. The third kappa shape index (κ3) is 8.29. The molecule has 0 aliphatic carbocycles. The van der Waals surface area contributed by atoms with Crippen LogP contribution < -0.4 is 14.4 Å². The molecular formula is C31H38FN3O5S. The van der Waals surface area contributed by atoms with Crippen LogP contribution in [0.3, 0.4) is 0 Å². The van der Waals surface area contributed by atoms with Gasteiger partial charge in [0, 0.05) is 13.1 Å². The van der Waals surface area contributed by atoms with Crippen LogP contribution in [-0.4, -0.2) is 51.4 Å². The van der Waals surface area contributed by atoms with Gasteiger partial charge in [-0.2, -0.15) is 0 Å². The van der Waals surface area contributed by atoms with E-state index in [4.69, 9.17) is 4.74 Å². The first-order valence-electron chi connectivity index (χ1n) is 13.5. The number of sulfonamides is 1. The predicted molar refractivity (Wildman–Crippen MR) is 158 cm³/mol. The number of hydrogen-bond acceptors (Lipinski definition) is 5. The Kier molecular flexibility index (Phi) is 10.9. The lowest BCUT2D eigenvalue weighted by atomic mass is 10.1. The molecule has 0 saturated carbocycles. The van der Waals surface area contributed by atoms with Crippen molar-refractivity contribution in [2.45, 2.75) is 51.6 Å². The normalized spacial score (nSPS) is 12.1. The number of carbonyl (C=O) groups excluding carboxylic acids is 2. The molecular weight excluding hydrogens is 545 g/mol. The highest BCUT2D eigenvalue weighted by Crippen LogP contribution is 2.27. The first kappa shape index (κ1) is 31.6. The number of aryl methyl sites for hydroxylation is 1. The smallest absolute Gasteiger partial charge is 0.264 e. The molecule has 10 heteroatoms. The van der Waals surface area contributed by atoms with Crippen molar-refractivity contribution in [3.05, 3.63) is 89.7 Å². The maximum Gasteiger partial charge on any atom is 0.264 e. The number of hydrogen-bond donors (Lipinski definition) is 1. The highest BCUT2D eigenvalue weighted by Gasteiger charge is 2.33. The number of nitrogens with one attached hydrogen (secondary N) is 1. The first-order chi connectivity index (χ1) is 19.5. The van der Waals surface area contributed by atoms with Gasteiger partial charge in [0.2, 0.25) is 11.8 Å². The molecule has 1 atom stereocenters. The SMILES string of the molecule is CCC(C(=O)NCC(C)C)N(Cc1ccc(F)cc1)C(=O)CN(c1ccc(OC)cc1)S(=O)(=O)c1ccc(C)cc1. The van der Waals surface area contributed by atoms with Gasteiger partial charge < -0.3 is 15.0 Å². The van der Waals surface area contributed by atoms with Crippen LogP contribution in [0.2, 0.25) is 0 Å². The molecule has 41 heavy (non-hydrogen) atoms. The molecule has 3 aromatic rings. The number of anilines is 1. The van der Waals surface area contributed by atoms with Crippen molar-refractivity contribution in [3.8, 4) is 5.75 Å². The molecule has 0 aliphatic heterocycles. The second-order valence-corrected chi connectivity index (χ2v) is 12.1. The van der Waals surface area contributed by atoms with Gasteiger partial charge >= 0.3 is 0 Å². The highest BCUT2D eigenvalue weighted by molar-refractivity contribution is 7.92. The van der Waals surface area contributed by atoms with Gasteiger partial charge in [-0.25, -0.2) is 12.8 Å². The monoisotopic (exact) mass is 583 g/mol. The lowest BCUT2D eigenvalue weighted by Gasteiger charge is -2.33. The largest absolute Gasteiger partial charge is 0.497 e. The van der Waals surface area contributed by atoms with Crippen molar-refractivity contribution in [2.75, 3.05) is 24.5 Å². The molecule has 0 saturated heterocycles. The maximum absolute atomic E-state index is 14.0. The molecule has 3 aromatic carbocycles. The van der Waals surface area contributed by atoms with Crippen LogP contribution in [0.5, 0.6) is 5.75 Å². The molecule has 220 valence electrons. The van der Waals surface area contributed by atoms with E-state index in [9.17, 15) is 22.4 Å². The van der Waals surface area contributed by atoms with Crippen molar-refractivity contribution in [1.82, 2.24) is 10.2 Å². The highest BCUT2D eigenvalue weighted by atomic mass is 32.2. The molecule has 0 fully saturated rings. The van der Waals surface area contributed by atoms with Crippen molar-refractivity contribution < 1.29 is 27.1 Å². The summed E-state index contributed by atoms with van der Waals surface area (Å²) in [5, 5.41) is 2.88. The van der Waals surface area contributed by atoms with Crippen molar-refractivity contribution >= 4 is 27.5 Å². The molecule has 8 nitrogen and oxygen atoms in total. The summed E-state index contributed by atoms with van der Waals surface area (Å²) in [5.74, 6) is -0.619. The Morgan fingerprint density at radius 2 is 1.56 bits per heavy atom. The number of benzene rings is 3. The minimum Gasteiger partial charge on any atom is -0.497 e. The van der Waals surface area contributed by atoms with Gasteiger partial charge in [0.05, 0.1) is 17.7 Å². The molecule has 0 aliphatic rings. The Morgan fingerprint density at radius 1 is 0.951 bits per heavy atom. The molecule has 0 spiro atoms. The molecule has 3 rings (SSSR count). The van der Waals surface area contributed by atoms with Crippen LogP contribution in [0.15, 0.2) is 77.7 Å². The fraction of sp³-hybridized carbons (Fsp3) is 0.355. The Morgan fingerprint density at radius 3 is 2.10 bits per heavy atom. The second kappa shape index (κ2) is 14.1. The summed E-state index contributed by atoms with van der Waals surface area (Å²) in [7, 11) is -2.67. The average Bonchev–Trinajstić information content (AvgIpc) is 2.95. The van der Waals surface area contributed by atoms with E-state index in [1.807, 2.05) is 20.8 Å². The number of amides is 2. The Balaban J connectivity index is 2.04. The summed E-state index contributed by atoms with van der Waals surface area (Å²) in [5.41, 5.74) is 1.76. The van der Waals surface area contributed by atoms with E-state index >= 15 is 0 Å². The number of halogens is 1. The minimum atomic E-state index is -4.18. The van der Waals surface area contributed by atoms with Crippen LogP contribution in [0.25, 0.3) is 0 Å². The number of nitrogens with zero attached hydrogens (tertiary/aromatic N) is 2. The van der Waals surface area contributed by atoms with E-state index in [0.717, 1.165) is 9.87 Å². The third-order valence-electron chi connectivity index (χ3n) is 6.58. The zero-order chi connectivity index (χ0) is 30.2. The zero-order valence-electron chi connectivity index (χ0n) is 24.1. The van der Waals surface area contributed by atoms with Crippen LogP contribution in [-0.2, 0) is 26.2 Å². The van der Waals surface area contributed by atoms with Crippen LogP contribution in [0.4, 0.5) is 10.1 Å². The Bertz CT molecular complexity index is 1410. The van der Waals surface area contributed by atoms with Crippen LogP contribution >= 0.6 is 0 Å². The zero-order valence-corrected chi connectivity index (χ0v) is 24.9. The fourth-order valence-electron chi connectivity index (χ4n) is 4.24. The number of carbonyl (C=O) groups is 2. The van der Waals surface area contributed by atoms with Gasteiger partial charge in [0.1, 0.15) is 24.2 Å². The Hall–Kier alpha value is -3.92. The first-order valence-corrected chi connectivity index (χ1v) is 14.9. The summed E-state index contributed by atoms with van der Waals surface area (Å²) in [4.78, 5) is 28.7. The average molecular weight is 584 g/mol. The van der Waals surface area contributed by atoms with Gasteiger partial charge in [0.15, 0.2) is 0 Å². The standard InChI is InChI=1S/C31H38FN3O5S/c1-6-29(31(37)33-19-22(2)3)34(20-24-9-11-25(32)12-10-24)30(36)21-35(26-13-15-27(40-5)16-14-26)41(38,39)28-17-7-23(4)8-18-28/h7-18,22,29H,6,19-21H2,1-5H3,(H,33,37). The summed E-state index contributed by atoms with van der Waals surface area (Å²) in [6.07, 6.45) is 0.296. The summed E-state index contributed by atoms with van der Waals surface area (Å²) in [6.45, 7) is 7.42. The van der Waals surface area contributed by atoms with Crippen molar-refractivity contribution in [3.63, 3.8) is 0 Å². The van der Waals surface area contributed by atoms with E-state index in [1.165, 1.54) is 36.3 Å². The van der Waals surface area contributed by atoms with E-state index in [-0.39, 0.29) is 29.0 Å². The molecule has 0 bridgehead atoms. The molecule has 1 unspecified atom stereocenters. The van der Waals surface area contributed by atoms with Gasteiger partial charge in [-0.1, -0.05) is 50.6 Å².